The van der Waals surface area contributed by atoms with Crippen LogP contribution in [0.4, 0.5) is 0 Å². The standard InChI is InChI=1S/C38H23N3O.2C38H23N3S/c1-2-10-24(11-3-1)35-31-14-4-7-15-32(31)39-38(40-35)25-18-20-26(21-19-25)41-33-16-8-5-12-27(33)29-22-23-30-28-13-6-9-17-34(28)42-37(30)36(29)41;1-2-11-24(12-3-1)35-31-17-4-7-18-32(31)39-38(40-35)25-13-10-14-26(23-25)41-33-19-8-5-15-27(33)29-21-22-30-28-16-6-9-20-34(28)42-37(30)36(29)41;1-2-10-24(11-3-1)35-31-14-4-7-15-32(31)39-38(40-35)25-18-20-26(21-19-25)41-33-16-8-5-12-27(33)29-22-23-30-28-13-6-9-17-34(28)42-37(30)36(29)41/h3*1-23H. The predicted molar refractivity (Wildman–Crippen MR) is 527 cm³/mol. The quantitative estimate of drug-likeness (QED) is 0.142. The van der Waals surface area contributed by atoms with E-state index in [4.69, 9.17) is 34.3 Å². The number of hydrogen-bond donors (Lipinski definition) is 0. The topological polar surface area (TPSA) is 105 Å². The largest absolute Gasteiger partial charge is 0.454 e. The van der Waals surface area contributed by atoms with Gasteiger partial charge in [-0.05, 0) is 121 Å². The first-order valence-corrected chi connectivity index (χ1v) is 43.9. The van der Waals surface area contributed by atoms with Crippen molar-refractivity contribution in [2.24, 2.45) is 0 Å². The molecule has 0 atom stereocenters. The minimum absolute atomic E-state index is 0.709. The molecule has 27 aromatic rings. The van der Waals surface area contributed by atoms with Gasteiger partial charge in [0, 0.05) is 141 Å². The number of nitrogens with zero attached hydrogens (tertiary/aromatic N) is 9. The lowest BCUT2D eigenvalue weighted by Gasteiger charge is -2.12. The molecule has 12 heteroatoms. The third-order valence-corrected chi connectivity index (χ3v) is 27.0. The maximum Gasteiger partial charge on any atom is 0.160 e. The van der Waals surface area contributed by atoms with E-state index in [-0.39, 0.29) is 0 Å². The molecule has 0 spiro atoms. The lowest BCUT2D eigenvalue weighted by Crippen LogP contribution is -1.97. The van der Waals surface area contributed by atoms with Crippen molar-refractivity contribution in [1.29, 1.82) is 0 Å². The Morgan fingerprint density at radius 2 is 0.524 bits per heavy atom. The van der Waals surface area contributed by atoms with Crippen molar-refractivity contribution >= 4 is 183 Å². The van der Waals surface area contributed by atoms with Gasteiger partial charge >= 0.3 is 0 Å². The van der Waals surface area contributed by atoms with Crippen LogP contribution in [0, 0.1) is 0 Å². The zero-order valence-corrected chi connectivity index (χ0v) is 69.2. The van der Waals surface area contributed by atoms with Crippen LogP contribution in [0.15, 0.2) is 423 Å². The SMILES string of the molecule is c1ccc(-c2nc(-c3ccc(-n4c5ccccc5c5ccc6c7ccccc7oc6c54)cc3)nc3ccccc23)cc1.c1ccc(-c2nc(-c3ccc(-n4c5ccccc5c5ccc6c7ccccc7sc6c54)cc3)nc3ccccc23)cc1.c1ccc(-c2nc(-c3cccc(-n4c5ccccc5c5ccc6c7ccccc7sc6c54)c3)nc3ccccc23)cc1. The molecule has 0 saturated heterocycles. The van der Waals surface area contributed by atoms with Crippen molar-refractivity contribution in [2.75, 3.05) is 0 Å². The third-order valence-electron chi connectivity index (χ3n) is 24.6. The van der Waals surface area contributed by atoms with Gasteiger partial charge in [-0.25, -0.2) is 29.9 Å². The highest BCUT2D eigenvalue weighted by Gasteiger charge is 2.25. The van der Waals surface area contributed by atoms with E-state index >= 15 is 0 Å². The summed E-state index contributed by atoms with van der Waals surface area (Å²) in [7, 11) is 0. The number of para-hydroxylation sites is 7. The van der Waals surface area contributed by atoms with E-state index in [1.165, 1.54) is 94.7 Å². The van der Waals surface area contributed by atoms with Crippen molar-refractivity contribution in [3.63, 3.8) is 0 Å². The summed E-state index contributed by atoms with van der Waals surface area (Å²) in [5, 5.41) is 18.1. The third kappa shape index (κ3) is 12.0. The summed E-state index contributed by atoms with van der Waals surface area (Å²) in [5.74, 6) is 2.16. The average molecular weight is 1650 g/mol. The highest BCUT2D eigenvalue weighted by molar-refractivity contribution is 7.27. The summed E-state index contributed by atoms with van der Waals surface area (Å²) in [6.45, 7) is 0. The van der Waals surface area contributed by atoms with Crippen molar-refractivity contribution in [3.05, 3.63) is 419 Å². The molecule has 18 aromatic carbocycles. The molecule has 0 aliphatic rings. The lowest BCUT2D eigenvalue weighted by atomic mass is 10.1. The number of rotatable bonds is 9. The summed E-state index contributed by atoms with van der Waals surface area (Å²) in [5.41, 5.74) is 24.1. The molecule has 0 aliphatic heterocycles. The van der Waals surface area contributed by atoms with E-state index < -0.39 is 0 Å². The minimum atomic E-state index is 0.709. The van der Waals surface area contributed by atoms with Gasteiger partial charge in [-0.2, -0.15) is 0 Å². The van der Waals surface area contributed by atoms with Gasteiger partial charge in [0.2, 0.25) is 0 Å². The van der Waals surface area contributed by atoms with Gasteiger partial charge in [0.15, 0.2) is 23.1 Å². The Morgan fingerprint density at radius 1 is 0.198 bits per heavy atom. The number of hydrogen-bond acceptors (Lipinski definition) is 9. The summed E-state index contributed by atoms with van der Waals surface area (Å²) < 4.78 is 18.9. The molecule has 0 N–H and O–H groups in total. The van der Waals surface area contributed by atoms with E-state index in [1.807, 2.05) is 95.5 Å². The minimum Gasteiger partial charge on any atom is -0.454 e. The molecule has 27 rings (SSSR count). The highest BCUT2D eigenvalue weighted by Crippen LogP contribution is 2.48. The molecule has 0 bridgehead atoms. The van der Waals surface area contributed by atoms with E-state index in [1.54, 1.807) is 0 Å². The van der Waals surface area contributed by atoms with Crippen LogP contribution in [0.3, 0.4) is 0 Å². The zero-order valence-electron chi connectivity index (χ0n) is 67.6. The fourth-order valence-corrected chi connectivity index (χ4v) is 21.3. The van der Waals surface area contributed by atoms with Gasteiger partial charge in [-0.1, -0.05) is 297 Å². The van der Waals surface area contributed by atoms with Gasteiger partial charge < -0.3 is 18.1 Å². The summed E-state index contributed by atoms with van der Waals surface area (Å²) in [6, 6.07) is 147. The van der Waals surface area contributed by atoms with Crippen LogP contribution in [0.25, 0.3) is 245 Å². The van der Waals surface area contributed by atoms with Crippen LogP contribution < -0.4 is 0 Å². The second-order valence-corrected chi connectivity index (χ2v) is 34.0. The Hall–Kier alpha value is -16.4. The summed E-state index contributed by atoms with van der Waals surface area (Å²) in [6.07, 6.45) is 0. The Morgan fingerprint density at radius 3 is 0.968 bits per heavy atom. The van der Waals surface area contributed by atoms with Crippen LogP contribution in [0.1, 0.15) is 0 Å². The number of thiophene rings is 2. The lowest BCUT2D eigenvalue weighted by molar-refractivity contribution is 0.671. The van der Waals surface area contributed by atoms with Gasteiger partial charge in [-0.3, -0.25) is 0 Å². The normalized spacial score (nSPS) is 11.8. The van der Waals surface area contributed by atoms with Crippen LogP contribution in [-0.2, 0) is 0 Å². The molecule has 10 nitrogen and oxygen atoms in total. The molecule has 9 aromatic heterocycles. The van der Waals surface area contributed by atoms with Crippen LogP contribution >= 0.6 is 22.7 Å². The molecule has 126 heavy (non-hydrogen) atoms. The number of furan rings is 1. The van der Waals surface area contributed by atoms with Gasteiger partial charge in [0.25, 0.3) is 0 Å². The maximum absolute atomic E-state index is 6.51. The Kier molecular flexibility index (Phi) is 17.1. The van der Waals surface area contributed by atoms with Gasteiger partial charge in [0.05, 0.1) is 76.1 Å². The number of fused-ring (bicyclic) bond motifs is 24. The van der Waals surface area contributed by atoms with Crippen molar-refractivity contribution in [2.45, 2.75) is 0 Å². The first-order valence-electron chi connectivity index (χ1n) is 42.3. The first kappa shape index (κ1) is 72.4. The first-order chi connectivity index (χ1) is 62.5. The summed E-state index contributed by atoms with van der Waals surface area (Å²) >= 11 is 3.75. The smallest absolute Gasteiger partial charge is 0.160 e. The van der Waals surface area contributed by atoms with Crippen molar-refractivity contribution in [1.82, 2.24) is 43.6 Å². The number of benzene rings is 18. The molecule has 0 saturated carbocycles. The Balaban J connectivity index is 0.000000103. The zero-order chi connectivity index (χ0) is 82.9. The molecule has 0 aliphatic carbocycles. The number of aromatic nitrogens is 9. The molecule has 0 amide bonds. The molecule has 588 valence electrons. The van der Waals surface area contributed by atoms with E-state index in [2.05, 4.69) is 359 Å². The Labute approximate surface area is 729 Å². The van der Waals surface area contributed by atoms with Crippen molar-refractivity contribution < 1.29 is 4.42 Å². The molecular formula is C114H69N9OS2. The van der Waals surface area contributed by atoms with Gasteiger partial charge in [0.1, 0.15) is 5.58 Å². The van der Waals surface area contributed by atoms with Crippen LogP contribution in [-0.4, -0.2) is 43.6 Å². The van der Waals surface area contributed by atoms with Crippen molar-refractivity contribution in [3.8, 4) is 85.0 Å². The fourth-order valence-electron chi connectivity index (χ4n) is 18.9. The van der Waals surface area contributed by atoms with Gasteiger partial charge in [-0.15, -0.1) is 22.7 Å². The Bertz CT molecular complexity index is 8690. The molecule has 0 fully saturated rings. The average Bonchev–Trinajstić information content (AvgIpc) is 1.57. The maximum atomic E-state index is 6.51. The predicted octanol–water partition coefficient (Wildman–Crippen LogP) is 30.8. The van der Waals surface area contributed by atoms with E-state index in [0.29, 0.717) is 5.82 Å². The molecular weight excluding hydrogens is 1580 g/mol. The molecule has 0 unspecified atom stereocenters. The second kappa shape index (κ2) is 29.8. The molecule has 9 heterocycles. The highest BCUT2D eigenvalue weighted by atomic mass is 32.1. The van der Waals surface area contributed by atoms with E-state index in [0.717, 1.165) is 145 Å². The second-order valence-electron chi connectivity index (χ2n) is 31.8. The molecule has 0 radical (unpaired) electrons. The monoisotopic (exact) mass is 1640 g/mol. The summed E-state index contributed by atoms with van der Waals surface area (Å²) in [4.78, 5) is 30.3. The van der Waals surface area contributed by atoms with Crippen LogP contribution in [0.2, 0.25) is 0 Å². The fraction of sp³-hybridized carbons (Fsp3) is 0. The van der Waals surface area contributed by atoms with Crippen LogP contribution in [0.5, 0.6) is 0 Å². The van der Waals surface area contributed by atoms with E-state index in [9.17, 15) is 0 Å².